The molecule has 46 heavy (non-hydrogen) atoms. The summed E-state index contributed by atoms with van der Waals surface area (Å²) in [5.74, 6) is 2.90. The number of benzene rings is 2. The first-order chi connectivity index (χ1) is 22.2. The predicted molar refractivity (Wildman–Crippen MR) is 172 cm³/mol. The molecule has 0 unspecified atom stereocenters. The molecule has 13 heteroatoms. The number of terminal acetylenes is 1. The van der Waals surface area contributed by atoms with Gasteiger partial charge in [0, 0.05) is 49.4 Å². The topological polar surface area (TPSA) is 141 Å². The van der Waals surface area contributed by atoms with Crippen molar-refractivity contribution < 1.29 is 19.1 Å². The molecule has 1 aliphatic rings. The number of fused-ring (bicyclic) bond motifs is 1. The first-order valence-corrected chi connectivity index (χ1v) is 15.1. The summed E-state index contributed by atoms with van der Waals surface area (Å²) in [7, 11) is 1.76. The number of hydrogen-bond acceptors (Lipinski definition) is 9. The summed E-state index contributed by atoms with van der Waals surface area (Å²) in [6.07, 6.45) is 10.00. The molecule has 6 rings (SSSR count). The largest absolute Gasteiger partial charge is 0.444 e. The maximum absolute atomic E-state index is 13.5. The fraction of sp³-hybridized carbons (Fsp3) is 0.303. The molecule has 1 aliphatic heterocycles. The number of rotatable bonds is 9. The van der Waals surface area contributed by atoms with Gasteiger partial charge in [0.2, 0.25) is 0 Å². The molecule has 5 aromatic rings. The lowest BCUT2D eigenvalue weighted by Gasteiger charge is -2.38. The number of alkyl carbamates (subject to hydrolysis) is 1. The average Bonchev–Trinajstić information content (AvgIpc) is 3.71. The van der Waals surface area contributed by atoms with Gasteiger partial charge in [0.25, 0.3) is 5.56 Å². The van der Waals surface area contributed by atoms with Crippen LogP contribution in [0.25, 0.3) is 33.6 Å². The number of piperidine rings is 1. The molecule has 12 nitrogen and oxygen atoms in total. The van der Waals surface area contributed by atoms with Crippen molar-refractivity contribution in [2.24, 2.45) is 7.05 Å². The van der Waals surface area contributed by atoms with E-state index in [0.29, 0.717) is 54.5 Å². The van der Waals surface area contributed by atoms with Gasteiger partial charge < -0.3 is 19.6 Å². The van der Waals surface area contributed by atoms with E-state index in [1.165, 1.54) is 17.3 Å². The van der Waals surface area contributed by atoms with Crippen LogP contribution in [0.1, 0.15) is 24.0 Å². The molecule has 0 atom stereocenters. The lowest BCUT2D eigenvalue weighted by molar-refractivity contribution is -0.0364. The monoisotopic (exact) mass is 641 g/mol. The number of nitrogens with one attached hydrogen (secondary N) is 1. The quantitative estimate of drug-likeness (QED) is 0.229. The smallest absolute Gasteiger partial charge is 0.408 e. The maximum atomic E-state index is 13.5. The SMILES string of the molecule is C#CCOC(=O)NCc1ccc(-c2c3ncn(CC4(O)CCN(Cc5ccc(-c6cnco6)cc5Cl)CC4)c(=O)c3nn2C)cc1. The third-order valence-electron chi connectivity index (χ3n) is 8.18. The Kier molecular flexibility index (Phi) is 8.90. The van der Waals surface area contributed by atoms with Crippen LogP contribution in [0.3, 0.4) is 0 Å². The van der Waals surface area contributed by atoms with E-state index in [0.717, 1.165) is 22.3 Å². The molecule has 0 bridgehead atoms. The zero-order chi connectivity index (χ0) is 32.3. The van der Waals surface area contributed by atoms with Gasteiger partial charge in [-0.25, -0.2) is 14.8 Å². The van der Waals surface area contributed by atoms with Crippen molar-refractivity contribution >= 4 is 28.7 Å². The summed E-state index contributed by atoms with van der Waals surface area (Å²) in [5, 5.41) is 19.2. The fourth-order valence-electron chi connectivity index (χ4n) is 5.67. The highest BCUT2D eigenvalue weighted by Crippen LogP contribution is 2.30. The molecule has 1 amide bonds. The van der Waals surface area contributed by atoms with Crippen LogP contribution >= 0.6 is 11.6 Å². The van der Waals surface area contributed by atoms with E-state index in [1.54, 1.807) is 17.9 Å². The Balaban J connectivity index is 1.10. The van der Waals surface area contributed by atoms with Crippen molar-refractivity contribution in [1.29, 1.82) is 0 Å². The molecule has 2 aromatic carbocycles. The molecular formula is C33H32ClN7O5. The Hall–Kier alpha value is -4.96. The van der Waals surface area contributed by atoms with Gasteiger partial charge in [-0.05, 0) is 30.0 Å². The van der Waals surface area contributed by atoms with Gasteiger partial charge in [-0.15, -0.1) is 6.42 Å². The first-order valence-electron chi connectivity index (χ1n) is 14.7. The highest BCUT2D eigenvalue weighted by Gasteiger charge is 2.33. The number of oxazole rings is 1. The van der Waals surface area contributed by atoms with Crippen LogP contribution in [0.5, 0.6) is 0 Å². The molecular weight excluding hydrogens is 610 g/mol. The van der Waals surface area contributed by atoms with Crippen LogP contribution in [0.2, 0.25) is 5.02 Å². The molecule has 2 N–H and O–H groups in total. The van der Waals surface area contributed by atoms with E-state index in [2.05, 4.69) is 31.2 Å². The third-order valence-corrected chi connectivity index (χ3v) is 8.53. The average molecular weight is 642 g/mol. The van der Waals surface area contributed by atoms with Gasteiger partial charge in [0.15, 0.2) is 24.3 Å². The maximum Gasteiger partial charge on any atom is 0.408 e. The van der Waals surface area contributed by atoms with Gasteiger partial charge >= 0.3 is 6.09 Å². The van der Waals surface area contributed by atoms with E-state index in [-0.39, 0.29) is 30.8 Å². The second-order valence-electron chi connectivity index (χ2n) is 11.4. The molecule has 3 aromatic heterocycles. The van der Waals surface area contributed by atoms with Crippen molar-refractivity contribution in [1.82, 2.24) is 34.5 Å². The molecule has 0 saturated carbocycles. The summed E-state index contributed by atoms with van der Waals surface area (Å²) >= 11 is 6.58. The minimum absolute atomic E-state index is 0.0940. The molecule has 4 heterocycles. The summed E-state index contributed by atoms with van der Waals surface area (Å²) in [6.45, 7) is 2.23. The Morgan fingerprint density at radius 2 is 1.93 bits per heavy atom. The van der Waals surface area contributed by atoms with Gasteiger partial charge in [-0.2, -0.15) is 5.10 Å². The first kappa shape index (κ1) is 31.0. The Bertz CT molecular complexity index is 1950. The Labute approximate surface area is 269 Å². The van der Waals surface area contributed by atoms with Gasteiger partial charge in [-0.3, -0.25) is 18.9 Å². The molecule has 0 aliphatic carbocycles. The molecule has 236 valence electrons. The summed E-state index contributed by atoms with van der Waals surface area (Å²) in [5.41, 5.74) is 3.52. The number of aromatic nitrogens is 5. The van der Waals surface area contributed by atoms with E-state index in [1.807, 2.05) is 42.5 Å². The minimum atomic E-state index is -1.07. The lowest BCUT2D eigenvalue weighted by atomic mass is 9.91. The number of aliphatic hydroxyl groups is 1. The highest BCUT2D eigenvalue weighted by atomic mass is 35.5. The zero-order valence-corrected chi connectivity index (χ0v) is 25.9. The number of amides is 1. The van der Waals surface area contributed by atoms with Crippen LogP contribution in [0.15, 0.2) is 70.6 Å². The van der Waals surface area contributed by atoms with Gasteiger partial charge in [0.1, 0.15) is 5.52 Å². The fourth-order valence-corrected chi connectivity index (χ4v) is 5.92. The van der Waals surface area contributed by atoms with Crippen LogP contribution in [-0.2, 0) is 31.4 Å². The van der Waals surface area contributed by atoms with Gasteiger partial charge in [-0.1, -0.05) is 53.9 Å². The van der Waals surface area contributed by atoms with E-state index in [9.17, 15) is 14.7 Å². The van der Waals surface area contributed by atoms with E-state index in [4.69, 9.17) is 27.2 Å². The number of carbonyl (C=O) groups excluding carboxylic acids is 1. The second kappa shape index (κ2) is 13.2. The number of halogens is 1. The molecule has 0 spiro atoms. The van der Waals surface area contributed by atoms with Crippen LogP contribution in [0, 0.1) is 12.3 Å². The number of ether oxygens (including phenoxy) is 1. The predicted octanol–water partition coefficient (Wildman–Crippen LogP) is 3.99. The number of nitrogens with zero attached hydrogens (tertiary/aromatic N) is 6. The van der Waals surface area contributed by atoms with Crippen molar-refractivity contribution in [3.05, 3.63) is 87.9 Å². The standard InChI is InChI=1S/C33H32ClN7O5/c1-3-14-45-32(43)36-16-22-4-6-23(7-5-22)30-28-29(38-39(30)2)31(42)41(20-37-28)19-33(44)10-12-40(13-11-33)18-25-9-8-24(15-26(25)34)27-17-35-21-46-27/h1,4-9,15,17,20-21,44H,10-14,16,18-19H2,2H3,(H,36,43). The van der Waals surface area contributed by atoms with Crippen LogP contribution < -0.4 is 10.9 Å². The number of hydrogen-bond donors (Lipinski definition) is 2. The van der Waals surface area contributed by atoms with Crippen molar-refractivity contribution in [3.8, 4) is 34.9 Å². The summed E-state index contributed by atoms with van der Waals surface area (Å²) in [6, 6.07) is 13.3. The number of carbonyl (C=O) groups is 1. The van der Waals surface area contributed by atoms with Crippen LogP contribution in [-0.4, -0.2) is 65.7 Å². The normalized spacial score (nSPS) is 14.7. The molecule has 0 radical (unpaired) electrons. The lowest BCUT2D eigenvalue weighted by Crippen LogP contribution is -2.47. The van der Waals surface area contributed by atoms with E-state index < -0.39 is 11.7 Å². The third kappa shape index (κ3) is 6.67. The highest BCUT2D eigenvalue weighted by molar-refractivity contribution is 6.31. The van der Waals surface area contributed by atoms with Crippen molar-refractivity contribution in [2.75, 3.05) is 19.7 Å². The number of likely N-dealkylation sites (tertiary alicyclic amines) is 1. The van der Waals surface area contributed by atoms with Crippen molar-refractivity contribution in [3.63, 3.8) is 0 Å². The molecule has 1 saturated heterocycles. The second-order valence-corrected chi connectivity index (χ2v) is 11.8. The number of aryl methyl sites for hydroxylation is 1. The summed E-state index contributed by atoms with van der Waals surface area (Å²) < 4.78 is 13.3. The Morgan fingerprint density at radius 3 is 2.63 bits per heavy atom. The summed E-state index contributed by atoms with van der Waals surface area (Å²) in [4.78, 5) is 36.0. The minimum Gasteiger partial charge on any atom is -0.444 e. The zero-order valence-electron chi connectivity index (χ0n) is 25.1. The van der Waals surface area contributed by atoms with Crippen LogP contribution in [0.4, 0.5) is 4.79 Å². The van der Waals surface area contributed by atoms with Crippen molar-refractivity contribution in [2.45, 2.75) is 38.1 Å². The van der Waals surface area contributed by atoms with E-state index >= 15 is 0 Å². The Morgan fingerprint density at radius 1 is 1.17 bits per heavy atom. The van der Waals surface area contributed by atoms with Gasteiger partial charge in [0.05, 0.1) is 30.4 Å². The molecule has 1 fully saturated rings.